The molecule has 0 radical (unpaired) electrons. The average molecular weight is 325 g/mol. The Labute approximate surface area is 113 Å². The van der Waals surface area contributed by atoms with Crippen LogP contribution < -0.4 is 4.74 Å². The van der Waals surface area contributed by atoms with Crippen molar-refractivity contribution in [2.45, 2.75) is 37.9 Å². The topological polar surface area (TPSA) is 9.23 Å². The second-order valence-electron chi connectivity index (χ2n) is 4.59. The van der Waals surface area contributed by atoms with Gasteiger partial charge < -0.3 is 4.74 Å². The van der Waals surface area contributed by atoms with Crippen LogP contribution in [0.15, 0.2) is 24.3 Å². The lowest BCUT2D eigenvalue weighted by atomic mass is 9.92. The Bertz CT molecular complexity index is 373. The molecule has 0 heterocycles. The fourth-order valence-corrected chi connectivity index (χ4v) is 2.04. The number of hydrogen-bond acceptors (Lipinski definition) is 1. The molecule has 2 unspecified atom stereocenters. The van der Waals surface area contributed by atoms with Gasteiger partial charge in [-0.3, -0.25) is 0 Å². The number of ether oxygens (including phenoxy) is 1. The zero-order valence-electron chi connectivity index (χ0n) is 10.5. The summed E-state index contributed by atoms with van der Waals surface area (Å²) < 4.78 is 39.8. The second-order valence-corrected chi connectivity index (χ2v) is 5.65. The third-order valence-corrected chi connectivity index (χ3v) is 4.60. The van der Waals surface area contributed by atoms with Gasteiger partial charge in [0.05, 0.1) is 0 Å². The number of hydrogen-bond donors (Lipinski definition) is 0. The van der Waals surface area contributed by atoms with Crippen LogP contribution in [0.25, 0.3) is 0 Å². The summed E-state index contributed by atoms with van der Waals surface area (Å²) in [7, 11) is 0. The number of alkyl halides is 4. The van der Waals surface area contributed by atoms with Crippen LogP contribution >= 0.6 is 15.9 Å². The van der Waals surface area contributed by atoms with Crippen LogP contribution in [0, 0.1) is 5.92 Å². The normalized spacial score (nSPS) is 15.6. The highest BCUT2D eigenvalue weighted by Gasteiger charge is 2.31. The molecule has 1 nitrogen and oxygen atoms in total. The molecule has 0 aromatic heterocycles. The first kappa shape index (κ1) is 15.3. The lowest BCUT2D eigenvalue weighted by molar-refractivity contribution is -0.274. The first-order valence-corrected chi connectivity index (χ1v) is 6.62. The van der Waals surface area contributed by atoms with E-state index in [1.165, 1.54) is 12.1 Å². The molecule has 1 aromatic carbocycles. The maximum absolute atomic E-state index is 12.0. The molecule has 0 saturated heterocycles. The maximum Gasteiger partial charge on any atom is 0.573 e. The van der Waals surface area contributed by atoms with Crippen molar-refractivity contribution in [3.63, 3.8) is 0 Å². The van der Waals surface area contributed by atoms with Gasteiger partial charge in [-0.25, -0.2) is 0 Å². The third-order valence-electron chi connectivity index (χ3n) is 2.75. The van der Waals surface area contributed by atoms with E-state index in [9.17, 15) is 13.2 Å². The van der Waals surface area contributed by atoms with Crippen molar-refractivity contribution in [3.8, 4) is 5.75 Å². The van der Waals surface area contributed by atoms with Gasteiger partial charge in [0.15, 0.2) is 0 Å². The molecule has 0 amide bonds. The van der Waals surface area contributed by atoms with E-state index in [0.717, 1.165) is 5.56 Å². The van der Waals surface area contributed by atoms with Crippen LogP contribution in [0.4, 0.5) is 13.2 Å². The van der Waals surface area contributed by atoms with Crippen molar-refractivity contribution >= 4 is 15.9 Å². The lowest BCUT2D eigenvalue weighted by Gasteiger charge is -2.22. The van der Waals surface area contributed by atoms with Crippen molar-refractivity contribution in [2.24, 2.45) is 5.92 Å². The van der Waals surface area contributed by atoms with E-state index >= 15 is 0 Å². The van der Waals surface area contributed by atoms with Gasteiger partial charge in [-0.05, 0) is 29.5 Å². The van der Waals surface area contributed by atoms with Crippen molar-refractivity contribution in [1.29, 1.82) is 0 Å². The first-order valence-electron chi connectivity index (χ1n) is 5.70. The molecule has 1 aromatic rings. The van der Waals surface area contributed by atoms with Crippen LogP contribution in [-0.4, -0.2) is 11.2 Å². The predicted molar refractivity (Wildman–Crippen MR) is 69.1 cm³/mol. The summed E-state index contributed by atoms with van der Waals surface area (Å²) >= 11 is 3.60. The van der Waals surface area contributed by atoms with Crippen LogP contribution in [-0.2, 0) is 0 Å². The fraction of sp³-hybridized carbons (Fsp3) is 0.538. The van der Waals surface area contributed by atoms with Gasteiger partial charge in [0.1, 0.15) is 5.75 Å². The Morgan fingerprint density at radius 3 is 1.94 bits per heavy atom. The Morgan fingerprint density at radius 1 is 1.06 bits per heavy atom. The van der Waals surface area contributed by atoms with Crippen molar-refractivity contribution in [1.82, 2.24) is 0 Å². The molecule has 18 heavy (non-hydrogen) atoms. The largest absolute Gasteiger partial charge is 0.573 e. The lowest BCUT2D eigenvalue weighted by Crippen LogP contribution is -2.17. The predicted octanol–water partition coefficient (Wildman–Crippen LogP) is 5.11. The molecule has 0 spiro atoms. The highest BCUT2D eigenvalue weighted by atomic mass is 79.9. The molecule has 102 valence electrons. The fourth-order valence-electron chi connectivity index (χ4n) is 1.73. The number of halogens is 4. The van der Waals surface area contributed by atoms with Crippen molar-refractivity contribution in [2.75, 3.05) is 0 Å². The Hall–Kier alpha value is -0.710. The van der Waals surface area contributed by atoms with Crippen molar-refractivity contribution in [3.05, 3.63) is 29.8 Å². The van der Waals surface area contributed by atoms with Crippen LogP contribution in [0.3, 0.4) is 0 Å². The van der Waals surface area contributed by atoms with E-state index < -0.39 is 6.36 Å². The monoisotopic (exact) mass is 324 g/mol. The maximum atomic E-state index is 12.0. The van der Waals surface area contributed by atoms with Gasteiger partial charge in [0, 0.05) is 4.83 Å². The summed E-state index contributed by atoms with van der Waals surface area (Å²) in [6.45, 7) is 6.23. The summed E-state index contributed by atoms with van der Waals surface area (Å²) in [6, 6.07) is 6.03. The average Bonchev–Trinajstić information content (AvgIpc) is 2.26. The zero-order chi connectivity index (χ0) is 13.9. The van der Waals surface area contributed by atoms with Crippen LogP contribution in [0.2, 0.25) is 0 Å². The van der Waals surface area contributed by atoms with Gasteiger partial charge >= 0.3 is 6.36 Å². The Morgan fingerprint density at radius 2 is 1.56 bits per heavy atom. The molecule has 0 aliphatic carbocycles. The molecular weight excluding hydrogens is 309 g/mol. The highest BCUT2D eigenvalue weighted by molar-refractivity contribution is 9.09. The first-order chi connectivity index (χ1) is 8.20. The molecule has 5 heteroatoms. The minimum absolute atomic E-state index is 0.186. The van der Waals surface area contributed by atoms with Gasteiger partial charge in [0.2, 0.25) is 0 Å². The molecule has 2 atom stereocenters. The van der Waals surface area contributed by atoms with E-state index in [1.807, 2.05) is 6.92 Å². The van der Waals surface area contributed by atoms with Gasteiger partial charge in [-0.15, -0.1) is 13.2 Å². The molecule has 0 saturated carbocycles. The van der Waals surface area contributed by atoms with E-state index in [2.05, 4.69) is 34.5 Å². The molecular formula is C13H16BrF3O. The van der Waals surface area contributed by atoms with Gasteiger partial charge in [0.25, 0.3) is 0 Å². The zero-order valence-corrected chi connectivity index (χ0v) is 12.0. The van der Waals surface area contributed by atoms with Gasteiger partial charge in [-0.2, -0.15) is 0 Å². The van der Waals surface area contributed by atoms with E-state index in [1.54, 1.807) is 12.1 Å². The Balaban J connectivity index is 2.77. The SMILES string of the molecule is CC(C)C(Br)C(C)c1ccc(OC(F)(F)F)cc1. The minimum atomic E-state index is -4.64. The van der Waals surface area contributed by atoms with Crippen LogP contribution in [0.5, 0.6) is 5.75 Å². The number of rotatable bonds is 4. The second kappa shape index (κ2) is 5.95. The van der Waals surface area contributed by atoms with E-state index in [0.29, 0.717) is 5.92 Å². The van der Waals surface area contributed by atoms with Crippen LogP contribution in [0.1, 0.15) is 32.3 Å². The summed E-state index contributed by atoms with van der Waals surface area (Å²) in [4.78, 5) is 0.284. The molecule has 0 aliphatic rings. The van der Waals surface area contributed by atoms with Gasteiger partial charge in [-0.1, -0.05) is 48.8 Å². The summed E-state index contributed by atoms with van der Waals surface area (Å²) in [6.07, 6.45) is -4.64. The summed E-state index contributed by atoms with van der Waals surface area (Å²) in [5.74, 6) is 0.491. The molecule has 0 aliphatic heterocycles. The molecule has 0 N–H and O–H groups in total. The van der Waals surface area contributed by atoms with Crippen molar-refractivity contribution < 1.29 is 17.9 Å². The summed E-state index contributed by atoms with van der Waals surface area (Å²) in [5.41, 5.74) is 0.986. The standard InChI is InChI=1S/C13H16BrF3O/c1-8(2)12(14)9(3)10-4-6-11(7-5-10)18-13(15,16)17/h4-9,12H,1-3H3. The molecule has 0 bridgehead atoms. The molecule has 0 fully saturated rings. The van der Waals surface area contributed by atoms with E-state index in [4.69, 9.17) is 0 Å². The Kier molecular flexibility index (Phi) is 5.08. The smallest absolute Gasteiger partial charge is 0.406 e. The van der Waals surface area contributed by atoms with E-state index in [-0.39, 0.29) is 16.5 Å². The minimum Gasteiger partial charge on any atom is -0.406 e. The number of benzene rings is 1. The molecule has 1 rings (SSSR count). The summed E-state index contributed by atoms with van der Waals surface area (Å²) in [5, 5.41) is 0. The quantitative estimate of drug-likeness (QED) is 0.699. The highest BCUT2D eigenvalue weighted by Crippen LogP contribution is 2.31. The third kappa shape index (κ3) is 4.52.